The van der Waals surface area contributed by atoms with Crippen LogP contribution in [0.4, 0.5) is 5.69 Å². The van der Waals surface area contributed by atoms with Crippen molar-refractivity contribution in [3.63, 3.8) is 0 Å². The molecule has 1 heterocycles. The Hall–Kier alpha value is -0.650. The third-order valence-corrected chi connectivity index (χ3v) is 4.76. The van der Waals surface area contributed by atoms with E-state index < -0.39 is 0 Å². The van der Waals surface area contributed by atoms with Crippen LogP contribution < -0.4 is 10.6 Å². The Bertz CT molecular complexity index is 501. The number of hydrogen-bond acceptors (Lipinski definition) is 3. The summed E-state index contributed by atoms with van der Waals surface area (Å²) in [6.07, 6.45) is 0. The van der Waals surface area contributed by atoms with Gasteiger partial charge in [0.05, 0.1) is 0 Å². The van der Waals surface area contributed by atoms with E-state index in [2.05, 4.69) is 52.7 Å². The van der Waals surface area contributed by atoms with Crippen molar-refractivity contribution in [2.24, 2.45) is 5.73 Å². The summed E-state index contributed by atoms with van der Waals surface area (Å²) in [5, 5.41) is 0. The molecule has 2 N–H and O–H groups in total. The summed E-state index contributed by atoms with van der Waals surface area (Å²) in [7, 11) is 2.17. The molecule has 1 fully saturated rings. The van der Waals surface area contributed by atoms with Crippen molar-refractivity contribution in [3.8, 4) is 0 Å². The van der Waals surface area contributed by atoms with Gasteiger partial charge < -0.3 is 10.6 Å². The minimum absolute atomic E-state index is 0.147. The van der Waals surface area contributed by atoms with E-state index >= 15 is 0 Å². The second kappa shape index (κ2) is 5.38. The summed E-state index contributed by atoms with van der Waals surface area (Å²) >= 11 is 8.75. The Balaban J connectivity index is 2.38. The number of piperazine rings is 1. The second-order valence-corrected chi connectivity index (χ2v) is 6.95. The molecule has 104 valence electrons. The molecular weight excluding hydrogens is 322 g/mol. The van der Waals surface area contributed by atoms with Crippen LogP contribution in [0.2, 0.25) is 0 Å². The van der Waals surface area contributed by atoms with Crippen molar-refractivity contribution < 1.29 is 0 Å². The summed E-state index contributed by atoms with van der Waals surface area (Å²) in [6, 6.07) is 6.12. The highest BCUT2D eigenvalue weighted by Gasteiger charge is 2.32. The van der Waals surface area contributed by atoms with Crippen molar-refractivity contribution in [1.82, 2.24) is 4.90 Å². The van der Waals surface area contributed by atoms with Crippen molar-refractivity contribution in [2.45, 2.75) is 19.4 Å². The lowest BCUT2D eigenvalue weighted by Crippen LogP contribution is -2.58. The molecule has 1 aromatic rings. The second-order valence-electron chi connectivity index (χ2n) is 5.65. The first-order chi connectivity index (χ1) is 8.83. The summed E-state index contributed by atoms with van der Waals surface area (Å²) in [5.74, 6) is 0. The van der Waals surface area contributed by atoms with Gasteiger partial charge in [0.2, 0.25) is 0 Å². The van der Waals surface area contributed by atoms with E-state index in [0.717, 1.165) is 35.4 Å². The topological polar surface area (TPSA) is 32.5 Å². The normalized spacial score (nSPS) is 19.5. The molecular formula is C14H20BrN3S. The fourth-order valence-electron chi connectivity index (χ4n) is 2.47. The van der Waals surface area contributed by atoms with Crippen LogP contribution >= 0.6 is 28.1 Å². The molecule has 0 amide bonds. The van der Waals surface area contributed by atoms with E-state index in [1.54, 1.807) is 0 Å². The van der Waals surface area contributed by atoms with Gasteiger partial charge in [0, 0.05) is 40.9 Å². The number of anilines is 1. The van der Waals surface area contributed by atoms with E-state index in [0.29, 0.717) is 4.99 Å². The molecule has 1 aromatic carbocycles. The Morgan fingerprint density at radius 2 is 2.05 bits per heavy atom. The van der Waals surface area contributed by atoms with Gasteiger partial charge in [-0.15, -0.1) is 0 Å². The van der Waals surface area contributed by atoms with Crippen LogP contribution in [0.3, 0.4) is 0 Å². The highest BCUT2D eigenvalue weighted by Crippen LogP contribution is 2.31. The van der Waals surface area contributed by atoms with Crippen LogP contribution in [0, 0.1) is 0 Å². The minimum Gasteiger partial charge on any atom is -0.389 e. The van der Waals surface area contributed by atoms with Gasteiger partial charge in [-0.1, -0.05) is 18.3 Å². The van der Waals surface area contributed by atoms with Gasteiger partial charge in [-0.3, -0.25) is 4.90 Å². The molecule has 0 unspecified atom stereocenters. The molecule has 2 rings (SSSR count). The molecule has 0 spiro atoms. The molecule has 0 atom stereocenters. The van der Waals surface area contributed by atoms with Gasteiger partial charge in [0.1, 0.15) is 4.99 Å². The Morgan fingerprint density at radius 1 is 1.37 bits per heavy atom. The molecule has 0 radical (unpaired) electrons. The van der Waals surface area contributed by atoms with Crippen LogP contribution in [0.25, 0.3) is 0 Å². The van der Waals surface area contributed by atoms with Gasteiger partial charge in [0.25, 0.3) is 0 Å². The highest BCUT2D eigenvalue weighted by atomic mass is 79.9. The van der Waals surface area contributed by atoms with Crippen LogP contribution in [0.1, 0.15) is 19.4 Å². The monoisotopic (exact) mass is 341 g/mol. The highest BCUT2D eigenvalue weighted by molar-refractivity contribution is 9.10. The van der Waals surface area contributed by atoms with Gasteiger partial charge >= 0.3 is 0 Å². The molecule has 0 bridgehead atoms. The van der Waals surface area contributed by atoms with Gasteiger partial charge in [-0.25, -0.2) is 0 Å². The van der Waals surface area contributed by atoms with Crippen molar-refractivity contribution >= 4 is 38.8 Å². The molecule has 3 nitrogen and oxygen atoms in total. The average Bonchev–Trinajstić information content (AvgIpc) is 2.31. The number of benzene rings is 1. The maximum Gasteiger partial charge on any atom is 0.107 e. The SMILES string of the molecule is CN1CCN(c2cccc(Br)c2C(N)=S)CC1(C)C. The van der Waals surface area contributed by atoms with Gasteiger partial charge in [0.15, 0.2) is 0 Å². The lowest BCUT2D eigenvalue weighted by atomic mass is 9.98. The predicted molar refractivity (Wildman–Crippen MR) is 89.0 cm³/mol. The zero-order valence-electron chi connectivity index (χ0n) is 11.6. The lowest BCUT2D eigenvalue weighted by Gasteiger charge is -2.46. The van der Waals surface area contributed by atoms with Crippen LogP contribution in [0.15, 0.2) is 22.7 Å². The molecule has 0 aliphatic carbocycles. The van der Waals surface area contributed by atoms with E-state index in [9.17, 15) is 0 Å². The quantitative estimate of drug-likeness (QED) is 0.838. The summed E-state index contributed by atoms with van der Waals surface area (Å²) in [6.45, 7) is 7.52. The van der Waals surface area contributed by atoms with E-state index in [4.69, 9.17) is 18.0 Å². The number of halogens is 1. The fourth-order valence-corrected chi connectivity index (χ4v) is 3.38. The Morgan fingerprint density at radius 3 is 2.63 bits per heavy atom. The standard InChI is InChI=1S/C14H20BrN3S/c1-14(2)9-18(8-7-17(14)3)11-6-4-5-10(15)12(11)13(16)19/h4-6H,7-9H2,1-3H3,(H2,16,19). The molecule has 5 heteroatoms. The Kier molecular flexibility index (Phi) is 4.18. The number of rotatable bonds is 2. The number of thiocarbonyl (C=S) groups is 1. The summed E-state index contributed by atoms with van der Waals surface area (Å²) in [5.41, 5.74) is 8.10. The van der Waals surface area contributed by atoms with Crippen molar-refractivity contribution in [1.29, 1.82) is 0 Å². The molecule has 1 aliphatic heterocycles. The van der Waals surface area contributed by atoms with Crippen molar-refractivity contribution in [3.05, 3.63) is 28.2 Å². The van der Waals surface area contributed by atoms with Gasteiger partial charge in [-0.2, -0.15) is 0 Å². The molecule has 19 heavy (non-hydrogen) atoms. The number of nitrogens with two attached hydrogens (primary N) is 1. The summed E-state index contributed by atoms with van der Waals surface area (Å²) < 4.78 is 0.967. The zero-order valence-corrected chi connectivity index (χ0v) is 14.0. The number of hydrogen-bond donors (Lipinski definition) is 1. The third kappa shape index (κ3) is 2.93. The maximum atomic E-state index is 5.88. The number of nitrogens with zero attached hydrogens (tertiary/aromatic N) is 2. The largest absolute Gasteiger partial charge is 0.389 e. The minimum atomic E-state index is 0.147. The fraction of sp³-hybridized carbons (Fsp3) is 0.500. The molecule has 0 aromatic heterocycles. The van der Waals surface area contributed by atoms with E-state index in [1.165, 1.54) is 0 Å². The van der Waals surface area contributed by atoms with Crippen LogP contribution in [0.5, 0.6) is 0 Å². The molecule has 1 saturated heterocycles. The van der Waals surface area contributed by atoms with E-state index in [-0.39, 0.29) is 5.54 Å². The lowest BCUT2D eigenvalue weighted by molar-refractivity contribution is 0.139. The average molecular weight is 342 g/mol. The Labute approximate surface area is 128 Å². The first-order valence-corrected chi connectivity index (χ1v) is 7.57. The summed E-state index contributed by atoms with van der Waals surface area (Å²) in [4.78, 5) is 5.21. The van der Waals surface area contributed by atoms with Crippen LogP contribution in [-0.2, 0) is 0 Å². The first-order valence-electron chi connectivity index (χ1n) is 6.37. The zero-order chi connectivity index (χ0) is 14.2. The molecule has 1 aliphatic rings. The number of likely N-dealkylation sites (N-methyl/N-ethyl adjacent to an activating group) is 1. The maximum absolute atomic E-state index is 5.88. The first kappa shape index (κ1) is 14.8. The van der Waals surface area contributed by atoms with E-state index in [1.807, 2.05) is 12.1 Å². The van der Waals surface area contributed by atoms with Gasteiger partial charge in [-0.05, 0) is 49.0 Å². The molecule has 0 saturated carbocycles. The smallest absolute Gasteiger partial charge is 0.107 e. The van der Waals surface area contributed by atoms with Crippen molar-refractivity contribution in [2.75, 3.05) is 31.6 Å². The predicted octanol–water partition coefficient (Wildman–Crippen LogP) is 2.61. The third-order valence-electron chi connectivity index (χ3n) is 3.90. The van der Waals surface area contributed by atoms with Crippen LogP contribution in [-0.4, -0.2) is 42.1 Å².